The molecule has 1 aromatic carbocycles. The molecule has 0 aliphatic heterocycles. The van der Waals surface area contributed by atoms with E-state index in [1.807, 2.05) is 13.8 Å². The lowest BCUT2D eigenvalue weighted by atomic mass is 9.56. The van der Waals surface area contributed by atoms with E-state index >= 15 is 0 Å². The first-order chi connectivity index (χ1) is 8.70. The maximum Gasteiger partial charge on any atom is 0.178 e. The predicted molar refractivity (Wildman–Crippen MR) is 70.3 cm³/mol. The van der Waals surface area contributed by atoms with Crippen LogP contribution in [-0.4, -0.2) is 20.5 Å². The van der Waals surface area contributed by atoms with Crippen LogP contribution in [-0.2, 0) is 14.6 Å². The van der Waals surface area contributed by atoms with Crippen LogP contribution in [0, 0.1) is 11.2 Å². The van der Waals surface area contributed by atoms with Crippen LogP contribution in [0.3, 0.4) is 0 Å². The van der Waals surface area contributed by atoms with Crippen molar-refractivity contribution in [1.82, 2.24) is 0 Å². The molecule has 0 heterocycles. The summed E-state index contributed by atoms with van der Waals surface area (Å²) in [6.45, 7) is 3.82. The lowest BCUT2D eigenvalue weighted by Gasteiger charge is -2.45. The number of Topliss-reactive ketones (excluding diaryl/α,β-unsaturated/α-hetero) is 1. The first-order valence-corrected chi connectivity index (χ1v) is 8.12. The molecule has 0 N–H and O–H groups in total. The Labute approximate surface area is 112 Å². The molecule has 2 unspecified atom stereocenters. The van der Waals surface area contributed by atoms with Crippen LogP contribution < -0.4 is 0 Å². The van der Waals surface area contributed by atoms with Gasteiger partial charge in [0.1, 0.15) is 16.5 Å². The van der Waals surface area contributed by atoms with E-state index in [0.29, 0.717) is 18.4 Å². The van der Waals surface area contributed by atoms with Gasteiger partial charge in [0.05, 0.1) is 0 Å². The van der Waals surface area contributed by atoms with E-state index in [9.17, 15) is 17.6 Å². The van der Waals surface area contributed by atoms with E-state index < -0.39 is 21.1 Å². The molecule has 1 aliphatic rings. The Morgan fingerprint density at radius 1 is 1.42 bits per heavy atom. The van der Waals surface area contributed by atoms with Crippen molar-refractivity contribution in [2.45, 2.75) is 37.5 Å². The standard InChI is InChI=1S/C14H17FO3S/c1-4-14(2)10(8-13(14)16)9-5-6-12(11(15)7-9)19(3,17)18/h5-7,10H,4,8H2,1-3H3. The highest BCUT2D eigenvalue weighted by atomic mass is 32.2. The number of carbonyl (C=O) groups excluding carboxylic acids is 1. The minimum Gasteiger partial charge on any atom is -0.299 e. The Morgan fingerprint density at radius 2 is 2.05 bits per heavy atom. The topological polar surface area (TPSA) is 51.2 Å². The maximum atomic E-state index is 13.9. The summed E-state index contributed by atoms with van der Waals surface area (Å²) in [5, 5.41) is 0. The molecule has 0 aromatic heterocycles. The third-order valence-corrected chi connectivity index (χ3v) is 5.42. The van der Waals surface area contributed by atoms with Crippen LogP contribution in [0.4, 0.5) is 4.39 Å². The molecule has 19 heavy (non-hydrogen) atoms. The van der Waals surface area contributed by atoms with E-state index in [1.165, 1.54) is 12.1 Å². The molecule has 5 heteroatoms. The summed E-state index contributed by atoms with van der Waals surface area (Å²) in [7, 11) is -3.55. The smallest absolute Gasteiger partial charge is 0.178 e. The molecule has 1 aliphatic carbocycles. The van der Waals surface area contributed by atoms with Crippen molar-refractivity contribution in [3.05, 3.63) is 29.6 Å². The van der Waals surface area contributed by atoms with E-state index in [4.69, 9.17) is 0 Å². The van der Waals surface area contributed by atoms with Crippen molar-refractivity contribution in [3.63, 3.8) is 0 Å². The zero-order valence-electron chi connectivity index (χ0n) is 11.2. The minimum absolute atomic E-state index is 0.0203. The molecule has 1 saturated carbocycles. The Balaban J connectivity index is 2.40. The van der Waals surface area contributed by atoms with E-state index in [0.717, 1.165) is 6.26 Å². The average Bonchev–Trinajstić information content (AvgIpc) is 2.32. The van der Waals surface area contributed by atoms with Gasteiger partial charge in [-0.1, -0.05) is 19.9 Å². The quantitative estimate of drug-likeness (QED) is 0.857. The van der Waals surface area contributed by atoms with E-state index in [2.05, 4.69) is 0 Å². The Morgan fingerprint density at radius 3 is 2.47 bits per heavy atom. The largest absolute Gasteiger partial charge is 0.299 e. The third kappa shape index (κ3) is 2.20. The van der Waals surface area contributed by atoms with Crippen molar-refractivity contribution in [3.8, 4) is 0 Å². The van der Waals surface area contributed by atoms with Crippen molar-refractivity contribution >= 4 is 15.6 Å². The molecule has 0 amide bonds. The second-order valence-electron chi connectivity index (χ2n) is 5.41. The number of carbonyl (C=O) groups is 1. The number of ketones is 1. The zero-order valence-corrected chi connectivity index (χ0v) is 12.1. The van der Waals surface area contributed by atoms with Gasteiger partial charge in [0.2, 0.25) is 0 Å². The van der Waals surface area contributed by atoms with Gasteiger partial charge in [-0.25, -0.2) is 12.8 Å². The molecule has 0 spiro atoms. The second-order valence-corrected chi connectivity index (χ2v) is 7.40. The first kappa shape index (κ1) is 14.2. The molecule has 0 radical (unpaired) electrons. The van der Waals surface area contributed by atoms with Gasteiger partial charge in [0, 0.05) is 24.0 Å². The molecular weight excluding hydrogens is 267 g/mol. The summed E-state index contributed by atoms with van der Waals surface area (Å²) in [6, 6.07) is 4.16. The Bertz CT molecular complexity index is 636. The SMILES string of the molecule is CCC1(C)C(=O)CC1c1ccc(S(C)(=O)=O)c(F)c1. The number of rotatable bonds is 3. The van der Waals surface area contributed by atoms with Crippen molar-refractivity contribution in [2.24, 2.45) is 5.41 Å². The summed E-state index contributed by atoms with van der Waals surface area (Å²) >= 11 is 0. The normalized spacial score (nSPS) is 27.2. The number of hydrogen-bond donors (Lipinski definition) is 0. The number of sulfone groups is 1. The summed E-state index contributed by atoms with van der Waals surface area (Å²) in [4.78, 5) is 11.4. The van der Waals surface area contributed by atoms with Crippen molar-refractivity contribution in [2.75, 3.05) is 6.26 Å². The van der Waals surface area contributed by atoms with Gasteiger partial charge in [-0.15, -0.1) is 0 Å². The van der Waals surface area contributed by atoms with E-state index in [1.54, 1.807) is 6.07 Å². The number of benzene rings is 1. The first-order valence-electron chi connectivity index (χ1n) is 6.23. The maximum absolute atomic E-state index is 13.9. The molecule has 2 atom stereocenters. The summed E-state index contributed by atoms with van der Waals surface area (Å²) in [5.41, 5.74) is 0.257. The fourth-order valence-corrected chi connectivity index (χ4v) is 3.40. The van der Waals surface area contributed by atoms with Crippen LogP contribution in [0.15, 0.2) is 23.1 Å². The van der Waals surface area contributed by atoms with Gasteiger partial charge in [-0.05, 0) is 24.1 Å². The van der Waals surface area contributed by atoms with Gasteiger partial charge in [-0.3, -0.25) is 4.79 Å². The molecule has 0 bridgehead atoms. The van der Waals surface area contributed by atoms with Gasteiger partial charge in [0.25, 0.3) is 0 Å². The van der Waals surface area contributed by atoms with Gasteiger partial charge in [-0.2, -0.15) is 0 Å². The minimum atomic E-state index is -3.55. The third-order valence-electron chi connectivity index (χ3n) is 4.29. The lowest BCUT2D eigenvalue weighted by Crippen LogP contribution is -2.45. The number of hydrogen-bond acceptors (Lipinski definition) is 3. The van der Waals surface area contributed by atoms with Gasteiger partial charge < -0.3 is 0 Å². The Kier molecular flexibility index (Phi) is 3.29. The fourth-order valence-electron chi connectivity index (χ4n) is 2.67. The van der Waals surface area contributed by atoms with Gasteiger partial charge >= 0.3 is 0 Å². The Hall–Kier alpha value is -1.23. The molecule has 104 valence electrons. The van der Waals surface area contributed by atoms with Crippen LogP contribution in [0.2, 0.25) is 0 Å². The predicted octanol–water partition coefficient (Wildman–Crippen LogP) is 2.70. The van der Waals surface area contributed by atoms with Gasteiger partial charge in [0.15, 0.2) is 9.84 Å². The fraction of sp³-hybridized carbons (Fsp3) is 0.500. The second kappa shape index (κ2) is 4.40. The van der Waals surface area contributed by atoms with Crippen LogP contribution >= 0.6 is 0 Å². The van der Waals surface area contributed by atoms with Crippen molar-refractivity contribution < 1.29 is 17.6 Å². The summed E-state index contributed by atoms with van der Waals surface area (Å²) in [6.07, 6.45) is 2.09. The van der Waals surface area contributed by atoms with E-state index in [-0.39, 0.29) is 16.6 Å². The summed E-state index contributed by atoms with van der Waals surface area (Å²) in [5.74, 6) is -0.571. The lowest BCUT2D eigenvalue weighted by molar-refractivity contribution is -0.139. The molecular formula is C14H17FO3S. The molecule has 1 aromatic rings. The van der Waals surface area contributed by atoms with Crippen LogP contribution in [0.25, 0.3) is 0 Å². The van der Waals surface area contributed by atoms with Crippen LogP contribution in [0.5, 0.6) is 0 Å². The molecule has 1 fully saturated rings. The number of halogens is 1. The molecule has 2 rings (SSSR count). The zero-order chi connectivity index (χ0) is 14.4. The molecule has 3 nitrogen and oxygen atoms in total. The molecule has 0 saturated heterocycles. The monoisotopic (exact) mass is 284 g/mol. The highest BCUT2D eigenvalue weighted by Gasteiger charge is 2.50. The van der Waals surface area contributed by atoms with Crippen LogP contribution in [0.1, 0.15) is 38.2 Å². The van der Waals surface area contributed by atoms with Crippen molar-refractivity contribution in [1.29, 1.82) is 0 Å². The summed E-state index contributed by atoms with van der Waals surface area (Å²) < 4.78 is 36.6. The highest BCUT2D eigenvalue weighted by Crippen LogP contribution is 2.52. The highest BCUT2D eigenvalue weighted by molar-refractivity contribution is 7.90. The average molecular weight is 284 g/mol.